The van der Waals surface area contributed by atoms with Crippen molar-refractivity contribution in [2.75, 3.05) is 17.3 Å². The summed E-state index contributed by atoms with van der Waals surface area (Å²) in [4.78, 5) is 17.5. The first kappa shape index (κ1) is 24.3. The first-order valence-electron chi connectivity index (χ1n) is 6.91. The second kappa shape index (κ2) is 12.6. The molecule has 4 nitrogen and oxygen atoms in total. The fraction of sp³-hybridized carbons (Fsp3) is 1.00. The molecule has 22 heavy (non-hydrogen) atoms. The summed E-state index contributed by atoms with van der Waals surface area (Å²) in [5.74, 6) is 0. The van der Waals surface area contributed by atoms with Crippen molar-refractivity contribution in [2.45, 2.75) is 53.1 Å². The van der Waals surface area contributed by atoms with Gasteiger partial charge in [-0.05, 0) is 25.7 Å². The molecule has 0 radical (unpaired) electrons. The number of hydrogen-bond donors (Lipinski definition) is 2. The minimum atomic E-state index is -4.34. The second-order valence-electron chi connectivity index (χ2n) is 5.20. The zero-order valence-electron chi connectivity index (χ0n) is 12.1. The van der Waals surface area contributed by atoms with Crippen LogP contribution in [0.4, 0.5) is 0 Å². The van der Waals surface area contributed by atoms with Crippen molar-refractivity contribution in [3.8, 4) is 0 Å². The molecule has 0 aromatic carbocycles. The minimum Gasteiger partial charge on any atom is -0.303 e. The number of phosphoric acid groups is 1. The van der Waals surface area contributed by atoms with Crippen LogP contribution in [0, 0.1) is 0 Å². The van der Waals surface area contributed by atoms with Gasteiger partial charge in [-0.2, -0.15) is 0 Å². The highest BCUT2D eigenvalue weighted by Crippen LogP contribution is 2.38. The lowest BCUT2D eigenvalue weighted by Gasteiger charge is -2.30. The predicted octanol–water partition coefficient (Wildman–Crippen LogP) is 5.73. The summed E-state index contributed by atoms with van der Waals surface area (Å²) in [6, 6.07) is 0. The molecule has 0 spiro atoms. The Kier molecular flexibility index (Phi) is 14.0. The van der Waals surface area contributed by atoms with Crippen LogP contribution in [0.2, 0.25) is 0 Å². The molecular weight excluding hydrogens is 594 g/mol. The SMILES string of the molecule is O=P(O)(O)OCCCCCC(Cl)(CC(Br)CBr)CC(Br)CBr. The molecule has 0 fully saturated rings. The van der Waals surface area contributed by atoms with Crippen molar-refractivity contribution in [3.05, 3.63) is 0 Å². The van der Waals surface area contributed by atoms with E-state index in [9.17, 15) is 4.57 Å². The molecule has 0 saturated heterocycles. The summed E-state index contributed by atoms with van der Waals surface area (Å²) >= 11 is 21.0. The van der Waals surface area contributed by atoms with E-state index in [4.69, 9.17) is 21.4 Å². The van der Waals surface area contributed by atoms with E-state index in [0.717, 1.165) is 42.8 Å². The van der Waals surface area contributed by atoms with E-state index >= 15 is 0 Å². The Labute approximate surface area is 171 Å². The summed E-state index contributed by atoms with van der Waals surface area (Å²) in [6.07, 6.45) is 4.91. The maximum atomic E-state index is 10.6. The summed E-state index contributed by atoms with van der Waals surface area (Å²) in [5.41, 5.74) is 0. The van der Waals surface area contributed by atoms with Crippen molar-refractivity contribution in [2.24, 2.45) is 0 Å². The lowest BCUT2D eigenvalue weighted by atomic mass is 9.91. The maximum absolute atomic E-state index is 10.6. The van der Waals surface area contributed by atoms with Crippen LogP contribution in [0.5, 0.6) is 0 Å². The molecule has 2 N–H and O–H groups in total. The molecule has 0 aliphatic rings. The lowest BCUT2D eigenvalue weighted by molar-refractivity contribution is 0.193. The first-order chi connectivity index (χ1) is 10.1. The molecular formula is C12H22Br4ClO4P. The zero-order valence-corrected chi connectivity index (χ0v) is 20.1. The van der Waals surface area contributed by atoms with Crippen molar-refractivity contribution in [3.63, 3.8) is 0 Å². The van der Waals surface area contributed by atoms with Crippen LogP contribution in [0.3, 0.4) is 0 Å². The van der Waals surface area contributed by atoms with Gasteiger partial charge < -0.3 is 9.79 Å². The van der Waals surface area contributed by atoms with E-state index in [1.165, 1.54) is 0 Å². The molecule has 2 unspecified atom stereocenters. The van der Waals surface area contributed by atoms with Gasteiger partial charge in [-0.3, -0.25) is 4.52 Å². The summed E-state index contributed by atoms with van der Waals surface area (Å²) < 4.78 is 15.0. The standard InChI is InChI=1S/C12H22Br4ClO4P/c13-8-10(15)6-12(17,7-11(16)9-14)4-2-1-3-5-21-22(18,19)20/h10-11H,1-9H2,(H2,18,19,20). The van der Waals surface area contributed by atoms with Gasteiger partial charge in [0.2, 0.25) is 0 Å². The van der Waals surface area contributed by atoms with Gasteiger partial charge in [0.1, 0.15) is 0 Å². The quantitative estimate of drug-likeness (QED) is 0.158. The number of unbranched alkanes of at least 4 members (excludes halogenated alkanes) is 2. The Hall–Kier alpha value is 2.32. The van der Waals surface area contributed by atoms with Gasteiger partial charge in [-0.15, -0.1) is 11.6 Å². The van der Waals surface area contributed by atoms with Crippen LogP contribution < -0.4 is 0 Å². The maximum Gasteiger partial charge on any atom is 0.469 e. The highest BCUT2D eigenvalue weighted by molar-refractivity contribution is 9.12. The van der Waals surface area contributed by atoms with Gasteiger partial charge in [-0.1, -0.05) is 76.6 Å². The number of phosphoric ester groups is 1. The van der Waals surface area contributed by atoms with Crippen LogP contribution >= 0.6 is 83.1 Å². The Bertz CT molecular complexity index is 333. The molecule has 0 aromatic heterocycles. The topological polar surface area (TPSA) is 66.8 Å². The number of alkyl halides is 5. The Morgan fingerprint density at radius 3 is 1.95 bits per heavy atom. The molecule has 0 amide bonds. The van der Waals surface area contributed by atoms with Crippen LogP contribution in [0.1, 0.15) is 38.5 Å². The molecule has 0 bridgehead atoms. The predicted molar refractivity (Wildman–Crippen MR) is 107 cm³/mol. The largest absolute Gasteiger partial charge is 0.469 e. The van der Waals surface area contributed by atoms with Crippen molar-refractivity contribution >= 4 is 83.1 Å². The van der Waals surface area contributed by atoms with E-state index in [-0.39, 0.29) is 11.5 Å². The molecule has 0 rings (SSSR count). The van der Waals surface area contributed by atoms with E-state index in [1.54, 1.807) is 0 Å². The normalized spacial score (nSPS) is 18.0. The summed E-state index contributed by atoms with van der Waals surface area (Å²) in [7, 11) is -4.34. The Morgan fingerprint density at radius 2 is 1.55 bits per heavy atom. The Morgan fingerprint density at radius 1 is 1.05 bits per heavy atom. The Balaban J connectivity index is 4.20. The van der Waals surface area contributed by atoms with E-state index in [2.05, 4.69) is 68.2 Å². The molecule has 134 valence electrons. The molecule has 0 heterocycles. The van der Waals surface area contributed by atoms with E-state index in [0.29, 0.717) is 16.1 Å². The van der Waals surface area contributed by atoms with Crippen LogP contribution in [-0.2, 0) is 9.09 Å². The fourth-order valence-corrected chi connectivity index (χ4v) is 5.04. The van der Waals surface area contributed by atoms with E-state index < -0.39 is 7.82 Å². The number of rotatable bonds is 13. The number of halogens is 5. The van der Waals surface area contributed by atoms with Crippen LogP contribution in [-0.4, -0.2) is 41.6 Å². The third-order valence-electron chi connectivity index (χ3n) is 3.04. The highest BCUT2D eigenvalue weighted by atomic mass is 79.9. The molecule has 0 aliphatic heterocycles. The minimum absolute atomic E-state index is 0.0739. The first-order valence-corrected chi connectivity index (χ1v) is 12.9. The molecule has 0 aromatic rings. The van der Waals surface area contributed by atoms with Gasteiger partial charge in [0.15, 0.2) is 0 Å². The third-order valence-corrected chi connectivity index (χ3v) is 8.65. The van der Waals surface area contributed by atoms with Gasteiger partial charge >= 0.3 is 7.82 Å². The lowest BCUT2D eigenvalue weighted by Crippen LogP contribution is -2.30. The van der Waals surface area contributed by atoms with Crippen molar-refractivity contribution in [1.82, 2.24) is 0 Å². The molecule has 0 saturated carbocycles. The summed E-state index contributed by atoms with van der Waals surface area (Å²) in [5, 5.41) is 1.69. The highest BCUT2D eigenvalue weighted by Gasteiger charge is 2.31. The monoisotopic (exact) mass is 612 g/mol. The molecule has 0 aliphatic carbocycles. The smallest absolute Gasteiger partial charge is 0.303 e. The van der Waals surface area contributed by atoms with Crippen LogP contribution in [0.25, 0.3) is 0 Å². The summed E-state index contributed by atoms with van der Waals surface area (Å²) in [6.45, 7) is 0.0739. The van der Waals surface area contributed by atoms with Crippen molar-refractivity contribution in [1.29, 1.82) is 0 Å². The molecule has 10 heteroatoms. The average Bonchev–Trinajstić information content (AvgIpc) is 2.41. The van der Waals surface area contributed by atoms with E-state index in [1.807, 2.05) is 0 Å². The van der Waals surface area contributed by atoms with Gasteiger partial charge in [0.05, 0.1) is 6.61 Å². The number of hydrogen-bond acceptors (Lipinski definition) is 2. The fourth-order valence-electron chi connectivity index (χ4n) is 2.09. The van der Waals surface area contributed by atoms with Gasteiger partial charge in [0, 0.05) is 25.2 Å². The van der Waals surface area contributed by atoms with Crippen LogP contribution in [0.15, 0.2) is 0 Å². The third kappa shape index (κ3) is 13.6. The van der Waals surface area contributed by atoms with Gasteiger partial charge in [0.25, 0.3) is 0 Å². The average molecular weight is 616 g/mol. The molecule has 2 atom stereocenters. The van der Waals surface area contributed by atoms with Crippen molar-refractivity contribution < 1.29 is 18.9 Å². The van der Waals surface area contributed by atoms with Gasteiger partial charge in [-0.25, -0.2) is 4.57 Å². The second-order valence-corrected chi connectivity index (χ2v) is 11.1. The zero-order chi connectivity index (χ0) is 17.2.